The molecule has 9 nitrogen and oxygen atoms in total. The maximum atomic E-state index is 12.9. The summed E-state index contributed by atoms with van der Waals surface area (Å²) in [6.07, 6.45) is -2.75. The Morgan fingerprint density at radius 2 is 1.58 bits per heavy atom. The summed E-state index contributed by atoms with van der Waals surface area (Å²) in [5, 5.41) is 14.8. The highest BCUT2D eigenvalue weighted by Crippen LogP contribution is 2.32. The third kappa shape index (κ3) is 7.81. The van der Waals surface area contributed by atoms with E-state index >= 15 is 0 Å². The third-order valence-corrected chi connectivity index (χ3v) is 5.54. The lowest BCUT2D eigenvalue weighted by atomic mass is 10.0. The van der Waals surface area contributed by atoms with Gasteiger partial charge < -0.3 is 24.7 Å². The number of amides is 1. The fraction of sp³-hybridized carbons (Fsp3) is 0.571. The number of benzene rings is 1. The van der Waals surface area contributed by atoms with Crippen molar-refractivity contribution in [2.45, 2.75) is 32.0 Å². The van der Waals surface area contributed by atoms with Crippen LogP contribution >= 0.6 is 0 Å². The molecule has 2 heterocycles. The molecule has 0 spiro atoms. The van der Waals surface area contributed by atoms with E-state index in [1.54, 1.807) is 17.9 Å². The van der Waals surface area contributed by atoms with Crippen molar-refractivity contribution in [3.05, 3.63) is 29.8 Å². The second-order valence-electron chi connectivity index (χ2n) is 7.60. The third-order valence-electron chi connectivity index (χ3n) is 5.54. The standard InChI is InChI=1S/C19H26F3N3O2.C2H2O4/c1-2-27-18(26)25-8-6-16(7-9-25)23-10-12-24(13-11-23)17-5-3-4-15(14-17)19(20,21)22;3-1(4)2(5)6/h3-5,14,16H,2,6-13H2,1H3;(H,3,4)(H,5,6). The Labute approximate surface area is 189 Å². The van der Waals surface area contributed by atoms with Crippen molar-refractivity contribution in [1.82, 2.24) is 9.80 Å². The number of nitrogens with zero attached hydrogens (tertiary/aromatic N) is 3. The Hall–Kier alpha value is -3.02. The topological polar surface area (TPSA) is 111 Å². The molecule has 1 aromatic carbocycles. The number of anilines is 1. The summed E-state index contributed by atoms with van der Waals surface area (Å²) < 4.78 is 43.8. The van der Waals surface area contributed by atoms with Crippen LogP contribution in [-0.2, 0) is 20.5 Å². The number of hydrogen-bond acceptors (Lipinski definition) is 6. The summed E-state index contributed by atoms with van der Waals surface area (Å²) in [6, 6.07) is 5.96. The van der Waals surface area contributed by atoms with E-state index in [0.717, 1.165) is 32.0 Å². The lowest BCUT2D eigenvalue weighted by molar-refractivity contribution is -0.159. The molecule has 0 aromatic heterocycles. The number of halogens is 3. The van der Waals surface area contributed by atoms with Crippen molar-refractivity contribution in [2.75, 3.05) is 50.8 Å². The number of likely N-dealkylation sites (tertiary alicyclic amines) is 1. The van der Waals surface area contributed by atoms with Crippen molar-refractivity contribution in [3.8, 4) is 0 Å². The fourth-order valence-electron chi connectivity index (χ4n) is 3.85. The molecule has 2 saturated heterocycles. The van der Waals surface area contributed by atoms with E-state index in [4.69, 9.17) is 24.5 Å². The molecular weight excluding hydrogens is 447 g/mol. The molecule has 0 saturated carbocycles. The normalized spacial score (nSPS) is 17.7. The number of carboxylic acids is 2. The molecule has 2 aliphatic heterocycles. The minimum atomic E-state index is -4.31. The highest BCUT2D eigenvalue weighted by atomic mass is 19.4. The summed E-state index contributed by atoms with van der Waals surface area (Å²) in [7, 11) is 0. The number of carbonyl (C=O) groups excluding carboxylic acids is 1. The molecule has 1 amide bonds. The number of ether oxygens (including phenoxy) is 1. The number of alkyl halides is 3. The second-order valence-corrected chi connectivity index (χ2v) is 7.60. The molecule has 184 valence electrons. The number of carbonyl (C=O) groups is 3. The molecule has 12 heteroatoms. The molecular formula is C21H28F3N3O6. The Morgan fingerprint density at radius 1 is 1.00 bits per heavy atom. The second kappa shape index (κ2) is 11.7. The van der Waals surface area contributed by atoms with Crippen molar-refractivity contribution < 1.29 is 42.5 Å². The monoisotopic (exact) mass is 475 g/mol. The minimum absolute atomic E-state index is 0.245. The SMILES string of the molecule is CCOC(=O)N1CCC(N2CCN(c3cccc(C(F)(F)F)c3)CC2)CC1.O=C(O)C(=O)O. The van der Waals surface area contributed by atoms with Crippen LogP contribution < -0.4 is 4.90 Å². The van der Waals surface area contributed by atoms with E-state index in [0.29, 0.717) is 44.5 Å². The van der Waals surface area contributed by atoms with Crippen LogP contribution in [0.1, 0.15) is 25.3 Å². The van der Waals surface area contributed by atoms with Gasteiger partial charge in [0.1, 0.15) is 0 Å². The van der Waals surface area contributed by atoms with Gasteiger partial charge in [-0.05, 0) is 38.0 Å². The number of piperazine rings is 1. The summed E-state index contributed by atoms with van der Waals surface area (Å²) in [5.41, 5.74) is 0.0235. The molecule has 2 N–H and O–H groups in total. The van der Waals surface area contributed by atoms with Crippen LogP contribution in [0.15, 0.2) is 24.3 Å². The Morgan fingerprint density at radius 3 is 2.06 bits per heavy atom. The van der Waals surface area contributed by atoms with E-state index in [-0.39, 0.29) is 6.09 Å². The Balaban J connectivity index is 0.000000569. The van der Waals surface area contributed by atoms with Crippen LogP contribution in [0.3, 0.4) is 0 Å². The molecule has 33 heavy (non-hydrogen) atoms. The van der Waals surface area contributed by atoms with Crippen LogP contribution in [0.4, 0.5) is 23.7 Å². The van der Waals surface area contributed by atoms with Gasteiger partial charge in [0.2, 0.25) is 0 Å². The van der Waals surface area contributed by atoms with Crippen LogP contribution in [0.2, 0.25) is 0 Å². The fourth-order valence-corrected chi connectivity index (χ4v) is 3.85. The minimum Gasteiger partial charge on any atom is -0.473 e. The largest absolute Gasteiger partial charge is 0.473 e. The van der Waals surface area contributed by atoms with Gasteiger partial charge in [-0.25, -0.2) is 14.4 Å². The van der Waals surface area contributed by atoms with Gasteiger partial charge in [-0.2, -0.15) is 13.2 Å². The average Bonchev–Trinajstić information content (AvgIpc) is 2.79. The predicted molar refractivity (Wildman–Crippen MR) is 112 cm³/mol. The molecule has 0 unspecified atom stereocenters. The lowest BCUT2D eigenvalue weighted by Crippen LogP contribution is -2.53. The van der Waals surface area contributed by atoms with Crippen molar-refractivity contribution in [2.24, 2.45) is 0 Å². The molecule has 0 bridgehead atoms. The maximum Gasteiger partial charge on any atom is 0.416 e. The highest BCUT2D eigenvalue weighted by molar-refractivity contribution is 6.27. The van der Waals surface area contributed by atoms with Gasteiger partial charge in [0, 0.05) is 51.0 Å². The number of aliphatic carboxylic acids is 2. The molecule has 0 atom stereocenters. The van der Waals surface area contributed by atoms with Crippen LogP contribution in [0.5, 0.6) is 0 Å². The summed E-state index contributed by atoms with van der Waals surface area (Å²) in [4.78, 5) is 36.1. The molecule has 0 radical (unpaired) electrons. The van der Waals surface area contributed by atoms with Gasteiger partial charge >= 0.3 is 24.2 Å². The Bertz CT molecular complexity index is 808. The number of hydrogen-bond donors (Lipinski definition) is 2. The molecule has 2 fully saturated rings. The number of piperidine rings is 1. The lowest BCUT2D eigenvalue weighted by Gasteiger charge is -2.43. The zero-order valence-corrected chi connectivity index (χ0v) is 18.3. The van der Waals surface area contributed by atoms with Gasteiger partial charge in [0.15, 0.2) is 0 Å². The maximum absolute atomic E-state index is 12.9. The van der Waals surface area contributed by atoms with Crippen molar-refractivity contribution >= 4 is 23.7 Å². The van der Waals surface area contributed by atoms with Gasteiger partial charge in [-0.1, -0.05) is 6.07 Å². The van der Waals surface area contributed by atoms with Gasteiger partial charge in [0.05, 0.1) is 12.2 Å². The van der Waals surface area contributed by atoms with Crippen LogP contribution in [0.25, 0.3) is 0 Å². The van der Waals surface area contributed by atoms with E-state index in [9.17, 15) is 18.0 Å². The van der Waals surface area contributed by atoms with E-state index in [2.05, 4.69) is 4.90 Å². The average molecular weight is 475 g/mol. The molecule has 3 rings (SSSR count). The van der Waals surface area contributed by atoms with E-state index in [1.807, 2.05) is 4.90 Å². The van der Waals surface area contributed by atoms with Crippen LogP contribution in [-0.4, -0.2) is 90.0 Å². The number of carboxylic acid groups (broad SMARTS) is 2. The highest BCUT2D eigenvalue weighted by Gasteiger charge is 2.32. The summed E-state index contributed by atoms with van der Waals surface area (Å²) in [5.74, 6) is -3.65. The Kier molecular flexibility index (Phi) is 9.32. The molecule has 2 aliphatic rings. The van der Waals surface area contributed by atoms with Crippen molar-refractivity contribution in [3.63, 3.8) is 0 Å². The smallest absolute Gasteiger partial charge is 0.416 e. The molecule has 0 aliphatic carbocycles. The van der Waals surface area contributed by atoms with Crippen molar-refractivity contribution in [1.29, 1.82) is 0 Å². The summed E-state index contributed by atoms with van der Waals surface area (Å²) in [6.45, 7) is 6.62. The summed E-state index contributed by atoms with van der Waals surface area (Å²) >= 11 is 0. The van der Waals surface area contributed by atoms with E-state index in [1.165, 1.54) is 12.1 Å². The van der Waals surface area contributed by atoms with E-state index < -0.39 is 23.7 Å². The first-order valence-corrected chi connectivity index (χ1v) is 10.6. The number of rotatable bonds is 3. The van der Waals surface area contributed by atoms with Gasteiger partial charge in [-0.15, -0.1) is 0 Å². The zero-order valence-electron chi connectivity index (χ0n) is 18.3. The predicted octanol–water partition coefficient (Wildman–Crippen LogP) is 2.60. The molecule has 1 aromatic rings. The first kappa shape index (κ1) is 26.2. The zero-order chi connectivity index (χ0) is 24.6. The first-order valence-electron chi connectivity index (χ1n) is 10.6. The van der Waals surface area contributed by atoms with Crippen LogP contribution in [0, 0.1) is 0 Å². The quantitative estimate of drug-likeness (QED) is 0.642. The van der Waals surface area contributed by atoms with Gasteiger partial charge in [0.25, 0.3) is 0 Å². The first-order chi connectivity index (χ1) is 15.5. The van der Waals surface area contributed by atoms with Gasteiger partial charge in [-0.3, -0.25) is 4.90 Å².